The van der Waals surface area contributed by atoms with Gasteiger partial charge in [0.1, 0.15) is 5.60 Å². The monoisotopic (exact) mass is 354 g/mol. The second kappa shape index (κ2) is 7.94. The van der Waals surface area contributed by atoms with Crippen molar-refractivity contribution in [1.82, 2.24) is 9.80 Å². The molecule has 0 aromatic heterocycles. The van der Waals surface area contributed by atoms with Crippen molar-refractivity contribution in [3.63, 3.8) is 0 Å². The van der Waals surface area contributed by atoms with Gasteiger partial charge in [-0.1, -0.05) is 13.3 Å². The summed E-state index contributed by atoms with van der Waals surface area (Å²) in [7, 11) is 1.71. The van der Waals surface area contributed by atoms with E-state index in [-0.39, 0.29) is 23.5 Å². The molecule has 0 spiro atoms. The molecule has 0 aromatic rings. The molecule has 2 amide bonds. The predicted molar refractivity (Wildman–Crippen MR) is 96.4 cm³/mol. The molecule has 0 radical (unpaired) electrons. The minimum Gasteiger partial charge on any atom is -0.444 e. The Hall–Kier alpha value is -1.30. The van der Waals surface area contributed by atoms with Gasteiger partial charge in [0.2, 0.25) is 5.91 Å². The van der Waals surface area contributed by atoms with Crippen LogP contribution in [0.15, 0.2) is 0 Å². The SMILES string of the molecule is CCC[C@@]1(COC)CCCN1C(=O)[C@H]1CCN(C(=O)OC(C)(C)C)C1. The van der Waals surface area contributed by atoms with Gasteiger partial charge < -0.3 is 19.3 Å². The highest BCUT2D eigenvalue weighted by atomic mass is 16.6. The molecule has 2 atom stereocenters. The average molecular weight is 354 g/mol. The molecule has 0 unspecified atom stereocenters. The fraction of sp³-hybridized carbons (Fsp3) is 0.895. The van der Waals surface area contributed by atoms with Crippen LogP contribution in [0.3, 0.4) is 0 Å². The van der Waals surface area contributed by atoms with E-state index in [0.29, 0.717) is 26.1 Å². The van der Waals surface area contributed by atoms with Crippen molar-refractivity contribution in [1.29, 1.82) is 0 Å². The first-order valence-corrected chi connectivity index (χ1v) is 9.51. The Bertz CT molecular complexity index is 480. The fourth-order valence-electron chi connectivity index (χ4n) is 4.17. The van der Waals surface area contributed by atoms with E-state index in [1.165, 1.54) is 0 Å². The van der Waals surface area contributed by atoms with E-state index >= 15 is 0 Å². The van der Waals surface area contributed by atoms with E-state index in [9.17, 15) is 9.59 Å². The molecule has 2 aliphatic rings. The Morgan fingerprint density at radius 2 is 1.96 bits per heavy atom. The molecule has 6 heteroatoms. The Morgan fingerprint density at radius 1 is 1.24 bits per heavy atom. The van der Waals surface area contributed by atoms with E-state index in [2.05, 4.69) is 6.92 Å². The number of ether oxygens (including phenoxy) is 2. The number of hydrogen-bond acceptors (Lipinski definition) is 4. The summed E-state index contributed by atoms with van der Waals surface area (Å²) >= 11 is 0. The van der Waals surface area contributed by atoms with Crippen LogP contribution in [0.25, 0.3) is 0 Å². The number of rotatable bonds is 5. The number of carbonyl (C=O) groups excluding carboxylic acids is 2. The Labute approximate surface area is 151 Å². The van der Waals surface area contributed by atoms with Crippen molar-refractivity contribution >= 4 is 12.0 Å². The molecule has 25 heavy (non-hydrogen) atoms. The quantitative estimate of drug-likeness (QED) is 0.761. The maximum Gasteiger partial charge on any atom is 0.410 e. The maximum absolute atomic E-state index is 13.2. The molecule has 2 heterocycles. The Balaban J connectivity index is 2.02. The van der Waals surface area contributed by atoms with Crippen LogP contribution in [0.1, 0.15) is 59.8 Å². The molecule has 0 aromatic carbocycles. The molecule has 0 aliphatic carbocycles. The lowest BCUT2D eigenvalue weighted by Gasteiger charge is -2.39. The predicted octanol–water partition coefficient (Wildman–Crippen LogP) is 3.05. The summed E-state index contributed by atoms with van der Waals surface area (Å²) in [4.78, 5) is 29.1. The highest BCUT2D eigenvalue weighted by Crippen LogP contribution is 2.36. The molecule has 6 nitrogen and oxygen atoms in total. The third-order valence-corrected chi connectivity index (χ3v) is 5.18. The average Bonchev–Trinajstić information content (AvgIpc) is 3.13. The number of methoxy groups -OCH3 is 1. The largest absolute Gasteiger partial charge is 0.444 e. The Kier molecular flexibility index (Phi) is 6.35. The second-order valence-electron chi connectivity index (χ2n) is 8.41. The summed E-state index contributed by atoms with van der Waals surface area (Å²) in [6, 6.07) is 0. The standard InChI is InChI=1S/C19H34N2O4/c1-6-9-19(14-24-5)10-7-11-21(19)16(22)15-8-12-20(13-15)17(23)25-18(2,3)4/h15H,6-14H2,1-5H3/t15-,19-/m0/s1. The number of amides is 2. The zero-order valence-corrected chi connectivity index (χ0v) is 16.5. The zero-order valence-electron chi connectivity index (χ0n) is 16.5. The molecule has 144 valence electrons. The first-order valence-electron chi connectivity index (χ1n) is 9.51. The van der Waals surface area contributed by atoms with Crippen LogP contribution < -0.4 is 0 Å². The zero-order chi connectivity index (χ0) is 18.7. The van der Waals surface area contributed by atoms with Crippen molar-refractivity contribution in [2.24, 2.45) is 5.92 Å². The summed E-state index contributed by atoms with van der Waals surface area (Å²) in [6.07, 6.45) is 4.42. The number of nitrogens with zero attached hydrogens (tertiary/aromatic N) is 2. The van der Waals surface area contributed by atoms with Gasteiger partial charge in [-0.15, -0.1) is 0 Å². The van der Waals surface area contributed by atoms with E-state index in [0.717, 1.165) is 32.2 Å². The molecule has 2 rings (SSSR count). The second-order valence-corrected chi connectivity index (χ2v) is 8.41. The third kappa shape index (κ3) is 4.66. The summed E-state index contributed by atoms with van der Waals surface area (Å²) in [6.45, 7) is 10.2. The summed E-state index contributed by atoms with van der Waals surface area (Å²) in [5.41, 5.74) is -0.678. The lowest BCUT2D eigenvalue weighted by atomic mass is 9.90. The number of carbonyl (C=O) groups is 2. The minimum atomic E-state index is -0.511. The summed E-state index contributed by atoms with van der Waals surface area (Å²) in [5, 5.41) is 0. The van der Waals surface area contributed by atoms with Crippen molar-refractivity contribution < 1.29 is 19.1 Å². The first-order chi connectivity index (χ1) is 11.7. The molecule has 0 bridgehead atoms. The molecular weight excluding hydrogens is 320 g/mol. The number of hydrogen-bond donors (Lipinski definition) is 0. The Morgan fingerprint density at radius 3 is 2.56 bits per heavy atom. The van der Waals surface area contributed by atoms with Gasteiger partial charge in [-0.25, -0.2) is 4.79 Å². The highest BCUT2D eigenvalue weighted by molar-refractivity contribution is 5.82. The molecule has 2 fully saturated rings. The minimum absolute atomic E-state index is 0.126. The molecule has 2 aliphatic heterocycles. The van der Waals surface area contributed by atoms with Crippen LogP contribution in [0.4, 0.5) is 4.79 Å². The van der Waals surface area contributed by atoms with Crippen molar-refractivity contribution in [2.45, 2.75) is 70.9 Å². The molecule has 0 N–H and O–H groups in total. The fourth-order valence-corrected chi connectivity index (χ4v) is 4.17. The lowest BCUT2D eigenvalue weighted by Crippen LogP contribution is -2.52. The summed E-state index contributed by atoms with van der Waals surface area (Å²) in [5.74, 6) is 0.0489. The normalized spacial score (nSPS) is 27.0. The van der Waals surface area contributed by atoms with Crippen LogP contribution in [0.5, 0.6) is 0 Å². The van der Waals surface area contributed by atoms with Crippen LogP contribution in [0.2, 0.25) is 0 Å². The maximum atomic E-state index is 13.2. The van der Waals surface area contributed by atoms with Crippen molar-refractivity contribution in [2.75, 3.05) is 33.4 Å². The van der Waals surface area contributed by atoms with E-state index in [1.54, 1.807) is 12.0 Å². The van der Waals surface area contributed by atoms with Gasteiger partial charge in [0, 0.05) is 26.7 Å². The van der Waals surface area contributed by atoms with E-state index in [1.807, 2.05) is 25.7 Å². The van der Waals surface area contributed by atoms with Gasteiger partial charge in [-0.2, -0.15) is 0 Å². The topological polar surface area (TPSA) is 59.1 Å². The first kappa shape index (κ1) is 20.0. The molecule has 2 saturated heterocycles. The van der Waals surface area contributed by atoms with Gasteiger partial charge in [-0.3, -0.25) is 4.79 Å². The highest BCUT2D eigenvalue weighted by Gasteiger charge is 2.46. The van der Waals surface area contributed by atoms with Gasteiger partial charge in [-0.05, 0) is 46.5 Å². The van der Waals surface area contributed by atoms with Gasteiger partial charge in [0.25, 0.3) is 0 Å². The van der Waals surface area contributed by atoms with E-state index < -0.39 is 5.60 Å². The van der Waals surface area contributed by atoms with Crippen LogP contribution >= 0.6 is 0 Å². The lowest BCUT2D eigenvalue weighted by molar-refractivity contribution is -0.141. The van der Waals surface area contributed by atoms with Crippen LogP contribution in [-0.2, 0) is 14.3 Å². The third-order valence-electron chi connectivity index (χ3n) is 5.18. The summed E-state index contributed by atoms with van der Waals surface area (Å²) < 4.78 is 10.9. The van der Waals surface area contributed by atoms with Gasteiger partial charge in [0.05, 0.1) is 18.1 Å². The smallest absolute Gasteiger partial charge is 0.410 e. The van der Waals surface area contributed by atoms with Crippen LogP contribution in [-0.4, -0.2) is 66.3 Å². The van der Waals surface area contributed by atoms with Crippen molar-refractivity contribution in [3.8, 4) is 0 Å². The van der Waals surface area contributed by atoms with E-state index in [4.69, 9.17) is 9.47 Å². The van der Waals surface area contributed by atoms with Crippen LogP contribution in [0, 0.1) is 5.92 Å². The number of likely N-dealkylation sites (tertiary alicyclic amines) is 2. The van der Waals surface area contributed by atoms with Gasteiger partial charge >= 0.3 is 6.09 Å². The molecule has 0 saturated carbocycles. The van der Waals surface area contributed by atoms with Crippen molar-refractivity contribution in [3.05, 3.63) is 0 Å². The van der Waals surface area contributed by atoms with Gasteiger partial charge in [0.15, 0.2) is 0 Å². The molecular formula is C19H34N2O4.